The van der Waals surface area contributed by atoms with E-state index in [2.05, 4.69) is 5.32 Å². The average molecular weight is 282 g/mol. The summed E-state index contributed by atoms with van der Waals surface area (Å²) in [6.07, 6.45) is 0.264. The van der Waals surface area contributed by atoms with Crippen molar-refractivity contribution < 1.29 is 19.2 Å². The van der Waals surface area contributed by atoms with E-state index in [9.17, 15) is 14.9 Å². The van der Waals surface area contributed by atoms with Crippen molar-refractivity contribution in [3.63, 3.8) is 0 Å². The molecule has 0 amide bonds. The van der Waals surface area contributed by atoms with Crippen LogP contribution in [0.15, 0.2) is 18.2 Å². The number of nitro groups is 1. The van der Waals surface area contributed by atoms with Crippen molar-refractivity contribution in [2.75, 3.05) is 20.3 Å². The monoisotopic (exact) mass is 282 g/mol. The molecule has 0 aromatic heterocycles. The van der Waals surface area contributed by atoms with Gasteiger partial charge in [0.05, 0.1) is 31.1 Å². The van der Waals surface area contributed by atoms with Gasteiger partial charge >= 0.3 is 5.97 Å². The van der Waals surface area contributed by atoms with Crippen molar-refractivity contribution in [1.29, 1.82) is 0 Å². The molecule has 7 heteroatoms. The van der Waals surface area contributed by atoms with Crippen LogP contribution in [-0.2, 0) is 16.1 Å². The van der Waals surface area contributed by atoms with Crippen LogP contribution in [0.25, 0.3) is 0 Å². The van der Waals surface area contributed by atoms with Gasteiger partial charge in [0, 0.05) is 19.2 Å². The smallest absolute Gasteiger partial charge is 0.307 e. The SMILES string of the molecule is CCOC(=O)CCNCc1cc(OC)cc([N+](=O)[O-])c1. The van der Waals surface area contributed by atoms with Crippen LogP contribution in [0.5, 0.6) is 5.75 Å². The minimum absolute atomic E-state index is 0.0217. The summed E-state index contributed by atoms with van der Waals surface area (Å²) in [5.74, 6) is 0.165. The Bertz CT molecular complexity index is 476. The molecule has 0 radical (unpaired) electrons. The molecule has 1 rings (SSSR count). The van der Waals surface area contributed by atoms with Gasteiger partial charge in [-0.05, 0) is 18.6 Å². The highest BCUT2D eigenvalue weighted by Gasteiger charge is 2.10. The molecule has 0 fully saturated rings. The largest absolute Gasteiger partial charge is 0.496 e. The third kappa shape index (κ3) is 5.23. The van der Waals surface area contributed by atoms with Crippen LogP contribution in [0.3, 0.4) is 0 Å². The van der Waals surface area contributed by atoms with Crippen molar-refractivity contribution in [2.24, 2.45) is 0 Å². The minimum atomic E-state index is -0.468. The zero-order chi connectivity index (χ0) is 15.0. The maximum Gasteiger partial charge on any atom is 0.307 e. The summed E-state index contributed by atoms with van der Waals surface area (Å²) in [5.41, 5.74) is 0.700. The van der Waals surface area contributed by atoms with Gasteiger partial charge in [0.15, 0.2) is 0 Å². The van der Waals surface area contributed by atoms with Crippen LogP contribution in [0.4, 0.5) is 5.69 Å². The van der Waals surface area contributed by atoms with Crippen molar-refractivity contribution in [2.45, 2.75) is 19.9 Å². The van der Waals surface area contributed by atoms with Gasteiger partial charge in [-0.1, -0.05) is 0 Å². The van der Waals surface area contributed by atoms with Gasteiger partial charge in [-0.25, -0.2) is 0 Å². The number of carbonyl (C=O) groups excluding carboxylic acids is 1. The number of methoxy groups -OCH3 is 1. The number of ether oxygens (including phenoxy) is 2. The van der Waals surface area contributed by atoms with E-state index in [1.165, 1.54) is 19.2 Å². The summed E-state index contributed by atoms with van der Waals surface area (Å²) in [7, 11) is 1.46. The van der Waals surface area contributed by atoms with E-state index in [0.29, 0.717) is 25.4 Å². The summed E-state index contributed by atoms with van der Waals surface area (Å²) in [4.78, 5) is 21.4. The van der Waals surface area contributed by atoms with E-state index in [4.69, 9.17) is 9.47 Å². The lowest BCUT2D eigenvalue weighted by atomic mass is 10.2. The molecular weight excluding hydrogens is 264 g/mol. The predicted octanol–water partition coefficient (Wildman–Crippen LogP) is 1.65. The number of rotatable bonds is 8. The molecule has 110 valence electrons. The molecule has 0 aliphatic carbocycles. The first kappa shape index (κ1) is 15.9. The van der Waals surface area contributed by atoms with E-state index in [1.807, 2.05) is 0 Å². The number of nitrogens with zero attached hydrogens (tertiary/aromatic N) is 1. The number of benzene rings is 1. The third-order valence-electron chi connectivity index (χ3n) is 2.54. The Morgan fingerprint density at radius 3 is 2.75 bits per heavy atom. The van der Waals surface area contributed by atoms with Gasteiger partial charge < -0.3 is 14.8 Å². The molecule has 1 aromatic carbocycles. The van der Waals surface area contributed by atoms with Crippen LogP contribution >= 0.6 is 0 Å². The quantitative estimate of drug-likeness (QED) is 0.337. The number of esters is 1. The van der Waals surface area contributed by atoms with E-state index in [-0.39, 0.29) is 18.1 Å². The number of carbonyl (C=O) groups is 1. The van der Waals surface area contributed by atoms with Crippen LogP contribution < -0.4 is 10.1 Å². The lowest BCUT2D eigenvalue weighted by Crippen LogP contribution is -2.19. The van der Waals surface area contributed by atoms with Crippen LogP contribution in [0, 0.1) is 10.1 Å². The minimum Gasteiger partial charge on any atom is -0.496 e. The van der Waals surface area contributed by atoms with E-state index in [1.54, 1.807) is 13.0 Å². The summed E-state index contributed by atoms with van der Waals surface area (Å²) >= 11 is 0. The Kier molecular flexibility index (Phi) is 6.45. The predicted molar refractivity (Wildman–Crippen MR) is 72.6 cm³/mol. The zero-order valence-electron chi connectivity index (χ0n) is 11.5. The Morgan fingerprint density at radius 2 is 2.15 bits per heavy atom. The number of nitro benzene ring substituents is 1. The van der Waals surface area contributed by atoms with E-state index >= 15 is 0 Å². The highest BCUT2D eigenvalue weighted by molar-refractivity contribution is 5.69. The van der Waals surface area contributed by atoms with Gasteiger partial charge in [0.25, 0.3) is 5.69 Å². The van der Waals surface area contributed by atoms with Crippen molar-refractivity contribution in [3.05, 3.63) is 33.9 Å². The molecule has 0 atom stereocenters. The second kappa shape index (κ2) is 8.11. The molecule has 1 aromatic rings. The second-order valence-electron chi connectivity index (χ2n) is 4.03. The lowest BCUT2D eigenvalue weighted by molar-refractivity contribution is -0.385. The Morgan fingerprint density at radius 1 is 1.40 bits per heavy atom. The highest BCUT2D eigenvalue weighted by Crippen LogP contribution is 2.22. The fourth-order valence-electron chi connectivity index (χ4n) is 1.63. The Labute approximate surface area is 117 Å². The molecule has 0 unspecified atom stereocenters. The summed E-state index contributed by atoms with van der Waals surface area (Å²) in [5, 5.41) is 13.8. The summed E-state index contributed by atoms with van der Waals surface area (Å²) in [6.45, 7) is 2.98. The molecular formula is C13H18N2O5. The summed E-state index contributed by atoms with van der Waals surface area (Å²) in [6, 6.07) is 4.55. The fraction of sp³-hybridized carbons (Fsp3) is 0.462. The maximum atomic E-state index is 11.1. The van der Waals surface area contributed by atoms with Gasteiger partial charge in [-0.2, -0.15) is 0 Å². The molecule has 0 spiro atoms. The number of hydrogen-bond donors (Lipinski definition) is 1. The molecule has 7 nitrogen and oxygen atoms in total. The number of non-ortho nitro benzene ring substituents is 1. The number of nitrogens with one attached hydrogen (secondary N) is 1. The normalized spacial score (nSPS) is 10.1. The first-order chi connectivity index (χ1) is 9.56. The highest BCUT2D eigenvalue weighted by atomic mass is 16.6. The van der Waals surface area contributed by atoms with Gasteiger partial charge in [-0.3, -0.25) is 14.9 Å². The molecule has 0 saturated heterocycles. The van der Waals surface area contributed by atoms with Gasteiger partial charge in [0.1, 0.15) is 5.75 Å². The Hall–Kier alpha value is -2.15. The Balaban J connectivity index is 2.53. The topological polar surface area (TPSA) is 90.7 Å². The fourth-order valence-corrected chi connectivity index (χ4v) is 1.63. The molecule has 0 aliphatic heterocycles. The molecule has 0 heterocycles. The van der Waals surface area contributed by atoms with E-state index < -0.39 is 4.92 Å². The molecule has 1 N–H and O–H groups in total. The average Bonchev–Trinajstić information content (AvgIpc) is 2.43. The van der Waals surface area contributed by atoms with E-state index in [0.717, 1.165) is 5.56 Å². The molecule has 0 aliphatic rings. The van der Waals surface area contributed by atoms with Crippen LogP contribution in [0.1, 0.15) is 18.9 Å². The third-order valence-corrected chi connectivity index (χ3v) is 2.54. The lowest BCUT2D eigenvalue weighted by Gasteiger charge is -2.07. The maximum absolute atomic E-state index is 11.1. The zero-order valence-corrected chi connectivity index (χ0v) is 11.5. The molecule has 0 bridgehead atoms. The summed E-state index contributed by atoms with van der Waals surface area (Å²) < 4.78 is 9.81. The molecule has 20 heavy (non-hydrogen) atoms. The standard InChI is InChI=1S/C13H18N2O5/c1-3-20-13(16)4-5-14-9-10-6-11(15(17)18)8-12(7-10)19-2/h6-8,14H,3-5,9H2,1-2H3. The second-order valence-corrected chi connectivity index (χ2v) is 4.03. The first-order valence-corrected chi connectivity index (χ1v) is 6.25. The van der Waals surface area contributed by atoms with Crippen LogP contribution in [-0.4, -0.2) is 31.2 Å². The van der Waals surface area contributed by atoms with Gasteiger partial charge in [0.2, 0.25) is 0 Å². The van der Waals surface area contributed by atoms with Gasteiger partial charge in [-0.15, -0.1) is 0 Å². The first-order valence-electron chi connectivity index (χ1n) is 6.25. The molecule has 0 saturated carbocycles. The van der Waals surface area contributed by atoms with Crippen molar-refractivity contribution in [1.82, 2.24) is 5.32 Å². The van der Waals surface area contributed by atoms with Crippen molar-refractivity contribution >= 4 is 11.7 Å². The van der Waals surface area contributed by atoms with Crippen molar-refractivity contribution in [3.8, 4) is 5.75 Å². The van der Waals surface area contributed by atoms with Crippen LogP contribution in [0.2, 0.25) is 0 Å². The number of hydrogen-bond acceptors (Lipinski definition) is 6.